The van der Waals surface area contributed by atoms with Crippen molar-refractivity contribution in [3.8, 4) is 0 Å². The summed E-state index contributed by atoms with van der Waals surface area (Å²) in [5, 5.41) is 6.17. The zero-order valence-electron chi connectivity index (χ0n) is 9.94. The molecule has 0 bridgehead atoms. The van der Waals surface area contributed by atoms with Gasteiger partial charge in [0.1, 0.15) is 0 Å². The predicted molar refractivity (Wildman–Crippen MR) is 75.8 cm³/mol. The Hall–Kier alpha value is -0.740. The summed E-state index contributed by atoms with van der Waals surface area (Å²) in [6, 6.07) is 3.41. The van der Waals surface area contributed by atoms with Gasteiger partial charge in [-0.25, -0.2) is 4.79 Å². The van der Waals surface area contributed by atoms with Crippen molar-refractivity contribution in [1.29, 1.82) is 0 Å². The maximum Gasteiger partial charge on any atom is 0.319 e. The van der Waals surface area contributed by atoms with E-state index in [0.29, 0.717) is 17.3 Å². The SMILES string of the molecule is CCCCNC(=O)Nc1cc(Cl)c(C)cc1Br. The van der Waals surface area contributed by atoms with Gasteiger partial charge in [0, 0.05) is 16.0 Å². The van der Waals surface area contributed by atoms with Crippen LogP contribution in [0.5, 0.6) is 0 Å². The summed E-state index contributed by atoms with van der Waals surface area (Å²) in [4.78, 5) is 11.5. The molecule has 2 amide bonds. The maximum absolute atomic E-state index is 11.5. The van der Waals surface area contributed by atoms with E-state index in [0.717, 1.165) is 22.9 Å². The lowest BCUT2D eigenvalue weighted by Crippen LogP contribution is -2.29. The Balaban J connectivity index is 2.62. The number of carbonyl (C=O) groups excluding carboxylic acids is 1. The molecule has 0 saturated carbocycles. The molecular weight excluding hydrogens is 304 g/mol. The molecule has 0 aliphatic carbocycles. The van der Waals surface area contributed by atoms with E-state index in [2.05, 4.69) is 33.5 Å². The van der Waals surface area contributed by atoms with E-state index in [-0.39, 0.29) is 6.03 Å². The van der Waals surface area contributed by atoms with Crippen molar-refractivity contribution < 1.29 is 4.79 Å². The van der Waals surface area contributed by atoms with Crippen molar-refractivity contribution in [2.45, 2.75) is 26.7 Å². The third-order valence-electron chi connectivity index (χ3n) is 2.31. The maximum atomic E-state index is 11.5. The topological polar surface area (TPSA) is 41.1 Å². The molecule has 0 aliphatic rings. The molecule has 0 spiro atoms. The van der Waals surface area contributed by atoms with E-state index in [1.165, 1.54) is 0 Å². The van der Waals surface area contributed by atoms with Crippen LogP contribution in [-0.2, 0) is 0 Å². The number of anilines is 1. The van der Waals surface area contributed by atoms with E-state index in [9.17, 15) is 4.79 Å². The van der Waals surface area contributed by atoms with Gasteiger partial charge in [-0.05, 0) is 47.0 Å². The summed E-state index contributed by atoms with van der Waals surface area (Å²) >= 11 is 9.39. The minimum Gasteiger partial charge on any atom is -0.338 e. The normalized spacial score (nSPS) is 10.1. The Morgan fingerprint density at radius 3 is 2.82 bits per heavy atom. The Morgan fingerprint density at radius 2 is 2.18 bits per heavy atom. The first-order valence-corrected chi connectivity index (χ1v) is 6.72. The van der Waals surface area contributed by atoms with Crippen LogP contribution >= 0.6 is 27.5 Å². The molecule has 94 valence electrons. The monoisotopic (exact) mass is 318 g/mol. The molecule has 0 saturated heterocycles. The fraction of sp³-hybridized carbons (Fsp3) is 0.417. The molecule has 0 unspecified atom stereocenters. The average molecular weight is 320 g/mol. The van der Waals surface area contributed by atoms with E-state index in [4.69, 9.17) is 11.6 Å². The highest BCUT2D eigenvalue weighted by Crippen LogP contribution is 2.28. The minimum atomic E-state index is -0.209. The van der Waals surface area contributed by atoms with Crippen LogP contribution in [-0.4, -0.2) is 12.6 Å². The third-order valence-corrected chi connectivity index (χ3v) is 3.38. The van der Waals surface area contributed by atoms with E-state index < -0.39 is 0 Å². The van der Waals surface area contributed by atoms with Crippen molar-refractivity contribution >= 4 is 39.2 Å². The minimum absolute atomic E-state index is 0.209. The van der Waals surface area contributed by atoms with Crippen LogP contribution in [0.15, 0.2) is 16.6 Å². The zero-order valence-corrected chi connectivity index (χ0v) is 12.3. The van der Waals surface area contributed by atoms with Crippen LogP contribution in [0.1, 0.15) is 25.3 Å². The second-order valence-electron chi connectivity index (χ2n) is 3.82. The summed E-state index contributed by atoms with van der Waals surface area (Å²) in [5.74, 6) is 0. The fourth-order valence-corrected chi connectivity index (χ4v) is 2.01. The number of halogens is 2. The molecule has 5 heteroatoms. The van der Waals surface area contributed by atoms with Gasteiger partial charge in [0.15, 0.2) is 0 Å². The summed E-state index contributed by atoms with van der Waals surface area (Å²) in [7, 11) is 0. The molecular formula is C12H16BrClN2O. The van der Waals surface area contributed by atoms with Gasteiger partial charge in [0.05, 0.1) is 5.69 Å². The second kappa shape index (κ2) is 6.87. The van der Waals surface area contributed by atoms with Crippen molar-refractivity contribution in [3.05, 3.63) is 27.2 Å². The number of urea groups is 1. The number of benzene rings is 1. The van der Waals surface area contributed by atoms with Crippen molar-refractivity contribution in [2.24, 2.45) is 0 Å². The van der Waals surface area contributed by atoms with Gasteiger partial charge in [-0.3, -0.25) is 0 Å². The molecule has 1 rings (SSSR count). The number of unbranched alkanes of at least 4 members (excludes halogenated alkanes) is 1. The Kier molecular flexibility index (Phi) is 5.78. The molecule has 2 N–H and O–H groups in total. The molecule has 0 aromatic heterocycles. The standard InChI is InChI=1S/C12H16BrClN2O/c1-3-4-5-15-12(17)16-11-7-10(14)8(2)6-9(11)13/h6-7H,3-5H2,1-2H3,(H2,15,16,17). The van der Waals surface area contributed by atoms with Crippen LogP contribution in [0.3, 0.4) is 0 Å². The molecule has 0 atom stereocenters. The summed E-state index contributed by atoms with van der Waals surface area (Å²) in [5.41, 5.74) is 1.64. The lowest BCUT2D eigenvalue weighted by Gasteiger charge is -2.10. The van der Waals surface area contributed by atoms with Gasteiger partial charge in [-0.2, -0.15) is 0 Å². The average Bonchev–Trinajstić information content (AvgIpc) is 2.26. The first-order chi connectivity index (χ1) is 8.04. The number of amides is 2. The number of rotatable bonds is 4. The van der Waals surface area contributed by atoms with Gasteiger partial charge < -0.3 is 10.6 Å². The molecule has 17 heavy (non-hydrogen) atoms. The van der Waals surface area contributed by atoms with Crippen molar-refractivity contribution in [1.82, 2.24) is 5.32 Å². The number of hydrogen-bond acceptors (Lipinski definition) is 1. The first kappa shape index (κ1) is 14.3. The van der Waals surface area contributed by atoms with Gasteiger partial charge in [0.2, 0.25) is 0 Å². The van der Waals surface area contributed by atoms with Crippen LogP contribution in [0, 0.1) is 6.92 Å². The molecule has 1 aromatic rings. The molecule has 0 fully saturated rings. The molecule has 0 heterocycles. The quantitative estimate of drug-likeness (QED) is 0.797. The summed E-state index contributed by atoms with van der Waals surface area (Å²) < 4.78 is 0.824. The molecule has 3 nitrogen and oxygen atoms in total. The van der Waals surface area contributed by atoms with Gasteiger partial charge in [-0.15, -0.1) is 0 Å². The summed E-state index contributed by atoms with van der Waals surface area (Å²) in [6.45, 7) is 4.67. The Labute approximate surface area is 115 Å². The fourth-order valence-electron chi connectivity index (χ4n) is 1.29. The van der Waals surface area contributed by atoms with E-state index >= 15 is 0 Å². The van der Waals surface area contributed by atoms with Crippen LogP contribution in [0.25, 0.3) is 0 Å². The van der Waals surface area contributed by atoms with Gasteiger partial charge in [0.25, 0.3) is 0 Å². The first-order valence-electron chi connectivity index (χ1n) is 5.55. The van der Waals surface area contributed by atoms with Crippen LogP contribution in [0.4, 0.5) is 10.5 Å². The number of nitrogens with one attached hydrogen (secondary N) is 2. The molecule has 0 aliphatic heterocycles. The van der Waals surface area contributed by atoms with Crippen LogP contribution < -0.4 is 10.6 Å². The van der Waals surface area contributed by atoms with E-state index in [1.807, 2.05) is 13.0 Å². The lowest BCUT2D eigenvalue weighted by molar-refractivity contribution is 0.252. The van der Waals surface area contributed by atoms with Crippen molar-refractivity contribution in [3.63, 3.8) is 0 Å². The third kappa shape index (κ3) is 4.56. The molecule has 1 aromatic carbocycles. The van der Waals surface area contributed by atoms with Gasteiger partial charge >= 0.3 is 6.03 Å². The van der Waals surface area contributed by atoms with Gasteiger partial charge in [-0.1, -0.05) is 24.9 Å². The highest BCUT2D eigenvalue weighted by atomic mass is 79.9. The summed E-state index contributed by atoms with van der Waals surface area (Å²) in [6.07, 6.45) is 2.03. The number of carbonyl (C=O) groups is 1. The second-order valence-corrected chi connectivity index (χ2v) is 5.08. The predicted octanol–water partition coefficient (Wildman–Crippen LogP) is 4.33. The smallest absolute Gasteiger partial charge is 0.319 e. The van der Waals surface area contributed by atoms with Crippen LogP contribution in [0.2, 0.25) is 5.02 Å². The number of aryl methyl sites for hydroxylation is 1. The number of hydrogen-bond donors (Lipinski definition) is 2. The highest BCUT2D eigenvalue weighted by Gasteiger charge is 2.07. The Bertz CT molecular complexity index is 410. The molecule has 0 radical (unpaired) electrons. The Morgan fingerprint density at radius 1 is 1.47 bits per heavy atom. The van der Waals surface area contributed by atoms with E-state index in [1.54, 1.807) is 6.07 Å². The zero-order chi connectivity index (χ0) is 12.8. The highest BCUT2D eigenvalue weighted by molar-refractivity contribution is 9.10. The van der Waals surface area contributed by atoms with Crippen molar-refractivity contribution in [2.75, 3.05) is 11.9 Å². The lowest BCUT2D eigenvalue weighted by atomic mass is 10.2. The largest absolute Gasteiger partial charge is 0.338 e.